The highest BCUT2D eigenvalue weighted by Gasteiger charge is 2.46. The lowest BCUT2D eigenvalue weighted by Crippen LogP contribution is -2.49. The number of guanidine groups is 1. The van der Waals surface area contributed by atoms with Gasteiger partial charge in [0.1, 0.15) is 5.60 Å². The van der Waals surface area contributed by atoms with E-state index in [1.807, 2.05) is 0 Å². The third-order valence-electron chi connectivity index (χ3n) is 1.28. The summed E-state index contributed by atoms with van der Waals surface area (Å²) >= 11 is 0. The molecule has 0 unspecified atom stereocenters. The summed E-state index contributed by atoms with van der Waals surface area (Å²) in [4.78, 5) is 13.8. The first-order chi connectivity index (χ1) is 8.28. The van der Waals surface area contributed by atoms with Crippen molar-refractivity contribution >= 4 is 30.1 Å². The minimum atomic E-state index is -5.73. The Hall–Kier alpha value is -1.46. The zero-order chi connectivity index (χ0) is 15.5. The Morgan fingerprint density at radius 2 is 1.74 bits per heavy atom. The van der Waals surface area contributed by atoms with E-state index in [1.165, 1.54) is 20.8 Å². The van der Waals surface area contributed by atoms with Gasteiger partial charge < -0.3 is 9.64 Å². The number of nitrogens with one attached hydrogen (secondary N) is 2. The first-order valence-electron chi connectivity index (χ1n) is 4.65. The molecule has 0 aromatic heterocycles. The number of hydrogen-bond acceptors (Lipinski definition) is 5. The molecule has 0 aromatic carbocycles. The second-order valence-electron chi connectivity index (χ2n) is 4.16. The predicted molar refractivity (Wildman–Crippen MR) is 60.7 cm³/mol. The Kier molecular flexibility index (Phi) is 5.24. The van der Waals surface area contributed by atoms with Crippen LogP contribution in [0.1, 0.15) is 20.8 Å². The van der Waals surface area contributed by atoms with E-state index in [0.717, 1.165) is 4.72 Å². The first-order valence-corrected chi connectivity index (χ1v) is 6.14. The minimum absolute atomic E-state index is 0.938. The van der Waals surface area contributed by atoms with E-state index in [0.29, 0.717) is 0 Å². The number of hydrogen-bond donors (Lipinski definition) is 2. The van der Waals surface area contributed by atoms with Crippen LogP contribution in [0.5, 0.6) is 0 Å². The van der Waals surface area contributed by atoms with Gasteiger partial charge in [-0.25, -0.2) is 9.52 Å². The maximum atomic E-state index is 12.0. The zero-order valence-corrected chi connectivity index (χ0v) is 11.0. The molecule has 0 aliphatic carbocycles. The Morgan fingerprint density at radius 3 is 2.05 bits per heavy atom. The van der Waals surface area contributed by atoms with Crippen molar-refractivity contribution < 1.29 is 31.1 Å². The first kappa shape index (κ1) is 17.5. The molecule has 19 heavy (non-hydrogen) atoms. The van der Waals surface area contributed by atoms with Gasteiger partial charge in [0.05, 0.1) is 0 Å². The van der Waals surface area contributed by atoms with Crippen molar-refractivity contribution in [2.45, 2.75) is 31.9 Å². The van der Waals surface area contributed by atoms with E-state index >= 15 is 0 Å². The average molecular weight is 301 g/mol. The number of alkyl halides is 3. The second kappa shape index (κ2) is 5.67. The molecule has 2 radical (unpaired) electrons. The van der Waals surface area contributed by atoms with Gasteiger partial charge in [-0.05, 0) is 20.8 Å². The van der Waals surface area contributed by atoms with Crippen LogP contribution < -0.4 is 10.0 Å². The number of alkyl carbamates (subject to hydrolysis) is 1. The molecule has 0 aromatic rings. The lowest BCUT2D eigenvalue weighted by Gasteiger charge is -2.20. The summed E-state index contributed by atoms with van der Waals surface area (Å²) in [7, 11) is -1.07. The van der Waals surface area contributed by atoms with E-state index < -0.39 is 33.2 Å². The van der Waals surface area contributed by atoms with Crippen LogP contribution in [0.15, 0.2) is 4.90 Å². The number of carbonyl (C=O) groups is 1. The monoisotopic (exact) mass is 301 g/mol. The molecule has 7 nitrogen and oxygen atoms in total. The maximum Gasteiger partial charge on any atom is 0.516 e. The fraction of sp³-hybridized carbons (Fsp3) is 0.714. The highest BCUT2D eigenvalue weighted by molar-refractivity contribution is 7.90. The van der Waals surface area contributed by atoms with Crippen LogP contribution in [0, 0.1) is 0 Å². The van der Waals surface area contributed by atoms with Crippen molar-refractivity contribution in [2.75, 3.05) is 0 Å². The predicted octanol–water partition coefficient (Wildman–Crippen LogP) is 0.390. The number of ether oxygens (including phenoxy) is 1. The standard InChI is InChI=1S/C7H11BF3N3O4S/c1-6(2,3)18-5(15)12-4(13-8)14-19(16,17)7(9,10)11/h1-3H3,(H2,12,13,14,15). The summed E-state index contributed by atoms with van der Waals surface area (Å²) in [6, 6.07) is 0. The summed E-state index contributed by atoms with van der Waals surface area (Å²) in [6.45, 7) is 4.48. The molecule has 0 aliphatic heterocycles. The largest absolute Gasteiger partial charge is 0.516 e. The van der Waals surface area contributed by atoms with Gasteiger partial charge in [-0.2, -0.15) is 21.6 Å². The SMILES string of the molecule is [B]N=C(NC(=O)OC(C)(C)C)NS(=O)(=O)C(F)(F)F. The minimum Gasteiger partial charge on any atom is -0.444 e. The number of rotatable bonds is 1. The van der Waals surface area contributed by atoms with E-state index in [2.05, 4.69) is 17.6 Å². The number of sulfonamides is 1. The number of halogens is 3. The van der Waals surface area contributed by atoms with Gasteiger partial charge in [-0.3, -0.25) is 5.32 Å². The number of nitrogens with zero attached hydrogens (tertiary/aromatic N) is 1. The van der Waals surface area contributed by atoms with E-state index in [4.69, 9.17) is 0 Å². The zero-order valence-electron chi connectivity index (χ0n) is 10.2. The Bertz CT molecular complexity index is 469. The summed E-state index contributed by atoms with van der Waals surface area (Å²) < 4.78 is 63.2. The van der Waals surface area contributed by atoms with Crippen LogP contribution in [0.25, 0.3) is 0 Å². The van der Waals surface area contributed by atoms with Gasteiger partial charge in [-0.15, -0.1) is 0 Å². The molecule has 0 saturated carbocycles. The van der Waals surface area contributed by atoms with Crippen molar-refractivity contribution in [3.05, 3.63) is 0 Å². The third kappa shape index (κ3) is 6.31. The topological polar surface area (TPSA) is 96.9 Å². The molecule has 0 bridgehead atoms. The average Bonchev–Trinajstić information content (AvgIpc) is 2.11. The Balaban J connectivity index is 4.79. The molecule has 0 spiro atoms. The van der Waals surface area contributed by atoms with Crippen molar-refractivity contribution in [2.24, 2.45) is 4.90 Å². The molecule has 108 valence electrons. The van der Waals surface area contributed by atoms with Crippen LogP contribution in [0.3, 0.4) is 0 Å². The lowest BCUT2D eigenvalue weighted by atomic mass is 10.2. The van der Waals surface area contributed by atoms with Gasteiger partial charge in [0, 0.05) is 0 Å². The van der Waals surface area contributed by atoms with Crippen LogP contribution in [0.4, 0.5) is 18.0 Å². The van der Waals surface area contributed by atoms with E-state index in [-0.39, 0.29) is 0 Å². The summed E-state index contributed by atoms with van der Waals surface area (Å²) in [6.07, 6.45) is -1.22. The highest BCUT2D eigenvalue weighted by Crippen LogP contribution is 2.21. The normalized spacial score (nSPS) is 13.9. The van der Waals surface area contributed by atoms with Gasteiger partial charge >= 0.3 is 21.6 Å². The highest BCUT2D eigenvalue weighted by atomic mass is 32.2. The van der Waals surface area contributed by atoms with Gasteiger partial charge in [0.25, 0.3) is 7.98 Å². The molecular formula is C7H11BF3N3O4S. The molecule has 0 atom stereocenters. The third-order valence-corrected chi connectivity index (χ3v) is 2.36. The van der Waals surface area contributed by atoms with Crippen molar-refractivity contribution in [1.29, 1.82) is 0 Å². The fourth-order valence-corrected chi connectivity index (χ4v) is 1.14. The van der Waals surface area contributed by atoms with Crippen LogP contribution in [0.2, 0.25) is 0 Å². The van der Waals surface area contributed by atoms with Crippen LogP contribution in [-0.2, 0) is 14.8 Å². The van der Waals surface area contributed by atoms with Crippen molar-refractivity contribution in [1.82, 2.24) is 10.0 Å². The quantitative estimate of drug-likeness (QED) is 0.416. The van der Waals surface area contributed by atoms with Crippen LogP contribution in [-0.4, -0.2) is 39.6 Å². The maximum absolute atomic E-state index is 12.0. The summed E-state index contributed by atoms with van der Waals surface area (Å²) in [5.41, 5.74) is -6.51. The Morgan fingerprint density at radius 1 is 1.26 bits per heavy atom. The van der Waals surface area contributed by atoms with Crippen LogP contribution >= 0.6 is 0 Å². The van der Waals surface area contributed by atoms with E-state index in [1.54, 1.807) is 5.32 Å². The number of carbonyl (C=O) groups excluding carboxylic acids is 1. The molecule has 0 fully saturated rings. The lowest BCUT2D eigenvalue weighted by molar-refractivity contribution is -0.0442. The molecular weight excluding hydrogens is 290 g/mol. The van der Waals surface area contributed by atoms with Crippen molar-refractivity contribution in [3.8, 4) is 0 Å². The van der Waals surface area contributed by atoms with Gasteiger partial charge in [-0.1, -0.05) is 0 Å². The molecule has 0 saturated heterocycles. The second-order valence-corrected chi connectivity index (χ2v) is 5.83. The van der Waals surface area contributed by atoms with E-state index in [9.17, 15) is 26.4 Å². The van der Waals surface area contributed by atoms with Crippen molar-refractivity contribution in [3.63, 3.8) is 0 Å². The molecule has 0 aliphatic rings. The fourth-order valence-electron chi connectivity index (χ4n) is 0.670. The molecule has 1 amide bonds. The molecule has 0 rings (SSSR count). The Labute approximate surface area is 109 Å². The summed E-state index contributed by atoms with van der Waals surface area (Å²) in [5, 5.41) is 1.62. The van der Waals surface area contributed by atoms with Gasteiger partial charge in [0.15, 0.2) is 5.96 Å². The van der Waals surface area contributed by atoms with Gasteiger partial charge in [0.2, 0.25) is 0 Å². The summed E-state index contributed by atoms with van der Waals surface area (Å²) in [5.74, 6) is -1.12. The molecule has 12 heteroatoms. The number of amides is 1. The molecule has 0 heterocycles. The molecule has 2 N–H and O–H groups in total. The smallest absolute Gasteiger partial charge is 0.444 e.